The molecule has 0 aliphatic carbocycles. The zero-order valence-electron chi connectivity index (χ0n) is 13.4. The third-order valence-corrected chi connectivity index (χ3v) is 3.89. The molecule has 2 aromatic rings. The molecule has 8 heteroatoms. The topological polar surface area (TPSA) is 83.4 Å². The van der Waals surface area contributed by atoms with E-state index in [-0.39, 0.29) is 35.6 Å². The SMILES string of the molecule is Cl.O=C(Nc1cc(F)ccc1C(=O)N[C@H]1CCCNC1)c1ccoc1. The van der Waals surface area contributed by atoms with Crippen LogP contribution in [-0.4, -0.2) is 30.9 Å². The Morgan fingerprint density at radius 3 is 2.76 bits per heavy atom. The van der Waals surface area contributed by atoms with Crippen LogP contribution in [0, 0.1) is 5.82 Å². The highest BCUT2D eigenvalue weighted by atomic mass is 35.5. The van der Waals surface area contributed by atoms with Gasteiger partial charge in [-0.25, -0.2) is 4.39 Å². The lowest BCUT2D eigenvalue weighted by Crippen LogP contribution is -2.45. The highest BCUT2D eigenvalue weighted by Crippen LogP contribution is 2.19. The maximum Gasteiger partial charge on any atom is 0.258 e. The number of nitrogens with one attached hydrogen (secondary N) is 3. The summed E-state index contributed by atoms with van der Waals surface area (Å²) in [5.74, 6) is -1.35. The van der Waals surface area contributed by atoms with E-state index in [4.69, 9.17) is 4.42 Å². The fourth-order valence-electron chi connectivity index (χ4n) is 2.64. The van der Waals surface area contributed by atoms with Crippen LogP contribution in [0.2, 0.25) is 0 Å². The van der Waals surface area contributed by atoms with Gasteiger partial charge in [-0.15, -0.1) is 12.4 Å². The quantitative estimate of drug-likeness (QED) is 0.775. The van der Waals surface area contributed by atoms with Crippen molar-refractivity contribution in [3.63, 3.8) is 0 Å². The molecule has 0 spiro atoms. The van der Waals surface area contributed by atoms with E-state index in [0.717, 1.165) is 25.5 Å². The van der Waals surface area contributed by atoms with Crippen molar-refractivity contribution in [3.8, 4) is 0 Å². The molecule has 1 aliphatic rings. The van der Waals surface area contributed by atoms with E-state index in [1.165, 1.54) is 30.7 Å². The van der Waals surface area contributed by atoms with Crippen LogP contribution in [0.3, 0.4) is 0 Å². The van der Waals surface area contributed by atoms with Crippen LogP contribution in [0.25, 0.3) is 0 Å². The highest BCUT2D eigenvalue weighted by Gasteiger charge is 2.20. The number of carbonyl (C=O) groups excluding carboxylic acids is 2. The van der Waals surface area contributed by atoms with Crippen molar-refractivity contribution in [2.24, 2.45) is 0 Å². The van der Waals surface area contributed by atoms with E-state index in [0.29, 0.717) is 12.1 Å². The zero-order valence-corrected chi connectivity index (χ0v) is 14.2. The average Bonchev–Trinajstić information content (AvgIpc) is 3.10. The van der Waals surface area contributed by atoms with Gasteiger partial charge in [0.2, 0.25) is 0 Å². The Balaban J connectivity index is 0.00000225. The Morgan fingerprint density at radius 2 is 2.08 bits per heavy atom. The van der Waals surface area contributed by atoms with Gasteiger partial charge in [0.25, 0.3) is 11.8 Å². The van der Waals surface area contributed by atoms with Crippen molar-refractivity contribution in [3.05, 3.63) is 53.7 Å². The second-order valence-corrected chi connectivity index (χ2v) is 5.67. The van der Waals surface area contributed by atoms with E-state index in [2.05, 4.69) is 16.0 Å². The molecular weight excluding hydrogens is 349 g/mol. The number of piperidine rings is 1. The monoisotopic (exact) mass is 367 g/mol. The molecule has 6 nitrogen and oxygen atoms in total. The molecule has 1 atom stereocenters. The molecule has 134 valence electrons. The Labute approximate surface area is 150 Å². The summed E-state index contributed by atoms with van der Waals surface area (Å²) < 4.78 is 18.4. The number of halogens is 2. The van der Waals surface area contributed by atoms with Crippen LogP contribution in [0.5, 0.6) is 0 Å². The van der Waals surface area contributed by atoms with Gasteiger partial charge in [-0.05, 0) is 43.7 Å². The van der Waals surface area contributed by atoms with Crippen molar-refractivity contribution in [1.82, 2.24) is 10.6 Å². The first-order valence-corrected chi connectivity index (χ1v) is 7.78. The third-order valence-electron chi connectivity index (χ3n) is 3.89. The lowest BCUT2D eigenvalue weighted by molar-refractivity contribution is 0.0931. The number of hydrogen-bond acceptors (Lipinski definition) is 4. The molecule has 2 heterocycles. The fourth-order valence-corrected chi connectivity index (χ4v) is 2.64. The van der Waals surface area contributed by atoms with Crippen molar-refractivity contribution >= 4 is 29.9 Å². The summed E-state index contributed by atoms with van der Waals surface area (Å²) in [6.45, 7) is 1.64. The van der Waals surface area contributed by atoms with Gasteiger partial charge in [-0.1, -0.05) is 0 Å². The maximum absolute atomic E-state index is 13.6. The Bertz CT molecular complexity index is 731. The predicted molar refractivity (Wildman–Crippen MR) is 93.7 cm³/mol. The highest BCUT2D eigenvalue weighted by molar-refractivity contribution is 6.08. The van der Waals surface area contributed by atoms with Crippen LogP contribution >= 0.6 is 12.4 Å². The minimum atomic E-state index is -0.534. The average molecular weight is 368 g/mol. The number of amides is 2. The second-order valence-electron chi connectivity index (χ2n) is 5.67. The van der Waals surface area contributed by atoms with Crippen molar-refractivity contribution in [1.29, 1.82) is 0 Å². The standard InChI is InChI=1S/C17H18FN3O3.ClH/c18-12-3-4-14(17(23)20-13-2-1-6-19-9-13)15(8-12)21-16(22)11-5-7-24-10-11;/h3-5,7-8,10,13,19H,1-2,6,9H2,(H,20,23)(H,21,22);1H/t13-;/m0./s1. The Kier molecular flexibility index (Phi) is 6.55. The summed E-state index contributed by atoms with van der Waals surface area (Å²) in [7, 11) is 0. The molecule has 25 heavy (non-hydrogen) atoms. The molecule has 1 saturated heterocycles. The number of furan rings is 1. The van der Waals surface area contributed by atoms with Crippen LogP contribution in [0.1, 0.15) is 33.6 Å². The minimum absolute atomic E-state index is 0. The number of carbonyl (C=O) groups is 2. The first-order chi connectivity index (χ1) is 11.6. The first kappa shape index (κ1) is 19.0. The molecule has 1 fully saturated rings. The molecule has 3 rings (SSSR count). The lowest BCUT2D eigenvalue weighted by atomic mass is 10.1. The van der Waals surface area contributed by atoms with Gasteiger partial charge in [0.15, 0.2) is 0 Å². The molecule has 0 saturated carbocycles. The summed E-state index contributed by atoms with van der Waals surface area (Å²) >= 11 is 0. The molecule has 2 amide bonds. The van der Waals surface area contributed by atoms with Gasteiger partial charge in [0.05, 0.1) is 23.1 Å². The van der Waals surface area contributed by atoms with E-state index in [1.54, 1.807) is 0 Å². The third kappa shape index (κ3) is 4.80. The number of hydrogen-bond donors (Lipinski definition) is 3. The normalized spacial score (nSPS) is 16.6. The smallest absolute Gasteiger partial charge is 0.258 e. The molecule has 3 N–H and O–H groups in total. The van der Waals surface area contributed by atoms with Gasteiger partial charge in [0.1, 0.15) is 12.1 Å². The van der Waals surface area contributed by atoms with Crippen molar-refractivity contribution < 1.29 is 18.4 Å². The zero-order chi connectivity index (χ0) is 16.9. The lowest BCUT2D eigenvalue weighted by Gasteiger charge is -2.24. The summed E-state index contributed by atoms with van der Waals surface area (Å²) in [5, 5.41) is 8.68. The van der Waals surface area contributed by atoms with E-state index in [9.17, 15) is 14.0 Å². The number of benzene rings is 1. The van der Waals surface area contributed by atoms with Gasteiger partial charge < -0.3 is 20.4 Å². The summed E-state index contributed by atoms with van der Waals surface area (Å²) in [6.07, 6.45) is 4.52. The Hall–Kier alpha value is -2.38. The van der Waals surface area contributed by atoms with Crippen molar-refractivity contribution in [2.45, 2.75) is 18.9 Å². The largest absolute Gasteiger partial charge is 0.472 e. The number of anilines is 1. The number of rotatable bonds is 4. The fraction of sp³-hybridized carbons (Fsp3) is 0.294. The maximum atomic E-state index is 13.6. The Morgan fingerprint density at radius 1 is 1.24 bits per heavy atom. The van der Waals surface area contributed by atoms with E-state index >= 15 is 0 Å². The molecule has 0 unspecified atom stereocenters. The predicted octanol–water partition coefficient (Wildman–Crippen LogP) is 2.57. The summed E-state index contributed by atoms with van der Waals surface area (Å²) in [6, 6.07) is 5.20. The van der Waals surface area contributed by atoms with Crippen LogP contribution in [-0.2, 0) is 0 Å². The van der Waals surface area contributed by atoms with Crippen LogP contribution < -0.4 is 16.0 Å². The van der Waals surface area contributed by atoms with Crippen LogP contribution in [0.4, 0.5) is 10.1 Å². The first-order valence-electron chi connectivity index (χ1n) is 7.78. The molecule has 1 aromatic carbocycles. The molecular formula is C17H19ClFN3O3. The summed E-state index contributed by atoms with van der Waals surface area (Å²) in [4.78, 5) is 24.6. The molecule has 0 radical (unpaired) electrons. The van der Waals surface area contributed by atoms with E-state index < -0.39 is 11.7 Å². The van der Waals surface area contributed by atoms with Gasteiger partial charge >= 0.3 is 0 Å². The molecule has 1 aromatic heterocycles. The minimum Gasteiger partial charge on any atom is -0.472 e. The van der Waals surface area contributed by atoms with Crippen LogP contribution in [0.15, 0.2) is 41.2 Å². The van der Waals surface area contributed by atoms with E-state index in [1.807, 2.05) is 0 Å². The van der Waals surface area contributed by atoms with Gasteiger partial charge in [-0.3, -0.25) is 9.59 Å². The summed E-state index contributed by atoms with van der Waals surface area (Å²) in [5.41, 5.74) is 0.642. The van der Waals surface area contributed by atoms with Gasteiger partial charge in [-0.2, -0.15) is 0 Å². The van der Waals surface area contributed by atoms with Gasteiger partial charge in [0, 0.05) is 12.6 Å². The van der Waals surface area contributed by atoms with Crippen molar-refractivity contribution in [2.75, 3.05) is 18.4 Å². The second kappa shape index (κ2) is 8.64. The molecule has 1 aliphatic heterocycles. The molecule has 0 bridgehead atoms.